The molecule has 1 aromatic heterocycles. The van der Waals surface area contributed by atoms with Gasteiger partial charge in [-0.2, -0.15) is 5.10 Å². The first-order chi connectivity index (χ1) is 13.8. The Morgan fingerprint density at radius 1 is 1.00 bits per heavy atom. The van der Waals surface area contributed by atoms with Crippen molar-refractivity contribution < 1.29 is 4.39 Å². The van der Waals surface area contributed by atoms with Crippen LogP contribution in [0.15, 0.2) is 48.8 Å². The normalized spacial score (nSPS) is 15.0. The Kier molecular flexibility index (Phi) is 6.12. The van der Waals surface area contributed by atoms with Gasteiger partial charge in [-0.3, -0.25) is 5.10 Å². The molecular weight excluding hydrogens is 351 g/mol. The minimum atomic E-state index is -0.140. The van der Waals surface area contributed by atoms with Crippen molar-refractivity contribution in [3.63, 3.8) is 0 Å². The van der Waals surface area contributed by atoms with E-state index >= 15 is 4.39 Å². The van der Waals surface area contributed by atoms with Gasteiger partial charge in [-0.15, -0.1) is 0 Å². The van der Waals surface area contributed by atoms with Crippen LogP contribution in [-0.4, -0.2) is 21.7 Å². The summed E-state index contributed by atoms with van der Waals surface area (Å²) in [5, 5.41) is 10.2. The maximum absolute atomic E-state index is 15.0. The second-order valence-electron chi connectivity index (χ2n) is 7.65. The number of benzene rings is 2. The first-order valence-electron chi connectivity index (χ1n) is 10.3. The van der Waals surface area contributed by atoms with Crippen LogP contribution in [0.3, 0.4) is 0 Å². The van der Waals surface area contributed by atoms with Crippen molar-refractivity contribution in [1.82, 2.24) is 20.5 Å². The molecule has 0 unspecified atom stereocenters. The Hall–Kier alpha value is -2.53. The van der Waals surface area contributed by atoms with E-state index in [9.17, 15) is 0 Å². The van der Waals surface area contributed by atoms with Crippen molar-refractivity contribution in [2.24, 2.45) is 5.92 Å². The smallest absolute Gasteiger partial charge is 0.180 e. The second-order valence-corrected chi connectivity index (χ2v) is 7.65. The fourth-order valence-electron chi connectivity index (χ4n) is 4.09. The van der Waals surface area contributed by atoms with E-state index in [1.54, 1.807) is 6.33 Å². The molecule has 1 heterocycles. The highest BCUT2D eigenvalue weighted by atomic mass is 19.1. The highest BCUT2D eigenvalue weighted by Gasteiger charge is 2.13. The Labute approximate surface area is 165 Å². The van der Waals surface area contributed by atoms with Crippen molar-refractivity contribution >= 4 is 0 Å². The Morgan fingerprint density at radius 2 is 1.79 bits per heavy atom. The predicted octanol–water partition coefficient (Wildman–Crippen LogP) is 5.34. The number of hydrogen-bond acceptors (Lipinski definition) is 3. The quantitative estimate of drug-likeness (QED) is 0.546. The molecule has 0 aliphatic heterocycles. The highest BCUT2D eigenvalue weighted by Crippen LogP contribution is 2.28. The van der Waals surface area contributed by atoms with Crippen LogP contribution in [-0.2, 0) is 6.54 Å². The molecule has 2 N–H and O–H groups in total. The van der Waals surface area contributed by atoms with Crippen LogP contribution in [0.2, 0.25) is 0 Å². The monoisotopic (exact) mass is 378 g/mol. The number of aromatic amines is 1. The molecule has 4 rings (SSSR count). The Balaban J connectivity index is 1.39. The molecule has 146 valence electrons. The van der Waals surface area contributed by atoms with Crippen molar-refractivity contribution in [1.29, 1.82) is 0 Å². The molecule has 0 bridgehead atoms. The van der Waals surface area contributed by atoms with Crippen LogP contribution in [0, 0.1) is 11.7 Å². The lowest BCUT2D eigenvalue weighted by atomic mass is 9.87. The highest BCUT2D eigenvalue weighted by molar-refractivity contribution is 5.68. The lowest BCUT2D eigenvalue weighted by molar-refractivity contribution is 0.333. The van der Waals surface area contributed by atoms with Crippen LogP contribution < -0.4 is 5.32 Å². The number of hydrogen-bond donors (Lipinski definition) is 2. The molecule has 1 aliphatic rings. The Bertz CT molecular complexity index is 868. The van der Waals surface area contributed by atoms with E-state index in [2.05, 4.69) is 20.5 Å². The van der Waals surface area contributed by atoms with Gasteiger partial charge < -0.3 is 5.32 Å². The van der Waals surface area contributed by atoms with E-state index in [-0.39, 0.29) is 5.82 Å². The molecule has 1 aliphatic carbocycles. The number of halogens is 1. The zero-order valence-electron chi connectivity index (χ0n) is 16.1. The van der Waals surface area contributed by atoms with Crippen molar-refractivity contribution in [3.8, 4) is 22.5 Å². The average Bonchev–Trinajstić information content (AvgIpc) is 3.28. The van der Waals surface area contributed by atoms with Gasteiger partial charge in [0.25, 0.3) is 0 Å². The minimum Gasteiger partial charge on any atom is -0.313 e. The van der Waals surface area contributed by atoms with Gasteiger partial charge in [-0.05, 0) is 24.4 Å². The van der Waals surface area contributed by atoms with E-state index in [0.717, 1.165) is 29.2 Å². The van der Waals surface area contributed by atoms with Gasteiger partial charge in [-0.25, -0.2) is 9.37 Å². The van der Waals surface area contributed by atoms with Gasteiger partial charge in [0.2, 0.25) is 0 Å². The van der Waals surface area contributed by atoms with E-state index in [1.807, 2.05) is 42.5 Å². The number of H-pyrrole nitrogens is 1. The summed E-state index contributed by atoms with van der Waals surface area (Å²) < 4.78 is 15.0. The molecule has 0 spiro atoms. The number of rotatable bonds is 7. The third-order valence-electron chi connectivity index (χ3n) is 5.72. The molecule has 1 fully saturated rings. The maximum Gasteiger partial charge on any atom is 0.180 e. The SMILES string of the molecule is Fc1c(CNCCC2CCCCC2)cccc1-c1ccc(-c2nc[nH]n2)cc1. The lowest BCUT2D eigenvalue weighted by Gasteiger charge is -2.21. The van der Waals surface area contributed by atoms with Gasteiger partial charge in [0.05, 0.1) is 0 Å². The molecule has 0 atom stereocenters. The summed E-state index contributed by atoms with van der Waals surface area (Å²) in [6, 6.07) is 13.3. The van der Waals surface area contributed by atoms with E-state index in [4.69, 9.17) is 0 Å². The fraction of sp³-hybridized carbons (Fsp3) is 0.391. The van der Waals surface area contributed by atoms with Crippen LogP contribution >= 0.6 is 0 Å². The third kappa shape index (κ3) is 4.47. The molecule has 1 saturated carbocycles. The van der Waals surface area contributed by atoms with Gasteiger partial charge in [-0.1, -0.05) is 74.6 Å². The zero-order chi connectivity index (χ0) is 19.2. The summed E-state index contributed by atoms with van der Waals surface area (Å²) in [7, 11) is 0. The lowest BCUT2D eigenvalue weighted by Crippen LogP contribution is -2.19. The van der Waals surface area contributed by atoms with Crippen molar-refractivity contribution in [2.45, 2.75) is 45.1 Å². The molecular formula is C23H27FN4. The molecule has 0 saturated heterocycles. The molecule has 5 heteroatoms. The number of nitrogens with one attached hydrogen (secondary N) is 2. The molecule has 0 radical (unpaired) electrons. The standard InChI is InChI=1S/C23H27FN4/c24-22-20(15-25-14-13-17-5-2-1-3-6-17)7-4-8-21(22)18-9-11-19(12-10-18)23-26-16-27-28-23/h4,7-12,16-17,25H,1-3,5-6,13-15H2,(H,26,27,28). The molecule has 2 aromatic carbocycles. The first-order valence-corrected chi connectivity index (χ1v) is 10.3. The Morgan fingerprint density at radius 3 is 2.54 bits per heavy atom. The van der Waals surface area contributed by atoms with Crippen LogP contribution in [0.25, 0.3) is 22.5 Å². The second kappa shape index (κ2) is 9.11. The van der Waals surface area contributed by atoms with E-state index < -0.39 is 0 Å². The zero-order valence-corrected chi connectivity index (χ0v) is 16.1. The fourth-order valence-corrected chi connectivity index (χ4v) is 4.09. The molecule has 0 amide bonds. The van der Waals surface area contributed by atoms with Gasteiger partial charge in [0.1, 0.15) is 12.1 Å². The number of nitrogens with zero attached hydrogens (tertiary/aromatic N) is 2. The summed E-state index contributed by atoms with van der Waals surface area (Å²) >= 11 is 0. The third-order valence-corrected chi connectivity index (χ3v) is 5.72. The predicted molar refractivity (Wildman–Crippen MR) is 110 cm³/mol. The topological polar surface area (TPSA) is 53.6 Å². The largest absolute Gasteiger partial charge is 0.313 e. The molecule has 4 nitrogen and oxygen atoms in total. The van der Waals surface area contributed by atoms with Crippen molar-refractivity contribution in [3.05, 3.63) is 60.2 Å². The summed E-state index contributed by atoms with van der Waals surface area (Å²) in [5.74, 6) is 1.35. The van der Waals surface area contributed by atoms with Gasteiger partial charge >= 0.3 is 0 Å². The van der Waals surface area contributed by atoms with Crippen molar-refractivity contribution in [2.75, 3.05) is 6.54 Å². The van der Waals surface area contributed by atoms with Crippen LogP contribution in [0.5, 0.6) is 0 Å². The molecule has 28 heavy (non-hydrogen) atoms. The minimum absolute atomic E-state index is 0.140. The maximum atomic E-state index is 15.0. The summed E-state index contributed by atoms with van der Waals surface area (Å²) in [6.45, 7) is 1.53. The summed E-state index contributed by atoms with van der Waals surface area (Å²) in [4.78, 5) is 4.15. The van der Waals surface area contributed by atoms with Gasteiger partial charge in [0.15, 0.2) is 5.82 Å². The average molecular weight is 378 g/mol. The first kappa shape index (κ1) is 18.8. The van der Waals surface area contributed by atoms with E-state index in [1.165, 1.54) is 38.5 Å². The summed E-state index contributed by atoms with van der Waals surface area (Å²) in [5.41, 5.74) is 3.12. The number of aromatic nitrogens is 3. The van der Waals surface area contributed by atoms with E-state index in [0.29, 0.717) is 17.9 Å². The molecule has 3 aromatic rings. The van der Waals surface area contributed by atoms with Gasteiger partial charge in [0, 0.05) is 23.2 Å². The van der Waals surface area contributed by atoms with Crippen LogP contribution in [0.4, 0.5) is 4.39 Å². The van der Waals surface area contributed by atoms with Crippen LogP contribution in [0.1, 0.15) is 44.1 Å². The summed E-state index contributed by atoms with van der Waals surface area (Å²) in [6.07, 6.45) is 9.59.